The first-order chi connectivity index (χ1) is 0. The van der Waals surface area contributed by atoms with Crippen LogP contribution in [0.15, 0.2) is 0 Å². The predicted octanol–water partition coefficient (Wildman–Crippen LogP) is -0.388. The molecule has 18 valence electrons. The normalized spacial score (nSPS) is 0. The van der Waals surface area contributed by atoms with Crippen molar-refractivity contribution in [3.63, 3.8) is 0 Å². The molecule has 0 amide bonds. The van der Waals surface area contributed by atoms with E-state index in [-0.39, 0.29) is 72.5 Å². The second-order valence-electron chi connectivity index (χ2n) is 0. The Bertz CT molecular complexity index is 8.00. The molecule has 0 atom stereocenters. The maximum absolute atomic E-state index is 0. The zero-order valence-corrected chi connectivity index (χ0v) is 7.69. The van der Waals surface area contributed by atoms with Gasteiger partial charge in [0.05, 0.1) is 0 Å². The third kappa shape index (κ3) is 8.86. The van der Waals surface area contributed by atoms with E-state index in [1.54, 1.807) is 0 Å². The first kappa shape index (κ1) is 33.9. The number of hydrogen-bond donors (Lipinski definition) is 0. The molecular weight excluding hydrogens is 183 g/mol. The SMILES string of the molecule is [Fe].[Li].[Mn].[Zn]. The van der Waals surface area contributed by atoms with Gasteiger partial charge in [-0.25, -0.2) is 0 Å². The van der Waals surface area contributed by atoms with Gasteiger partial charge in [0.2, 0.25) is 0 Å². The van der Waals surface area contributed by atoms with Crippen LogP contribution in [0.2, 0.25) is 0 Å². The van der Waals surface area contributed by atoms with Crippen LogP contribution < -0.4 is 0 Å². The van der Waals surface area contributed by atoms with Crippen molar-refractivity contribution in [3.8, 4) is 0 Å². The molecule has 0 aliphatic heterocycles. The van der Waals surface area contributed by atoms with Crippen molar-refractivity contribution in [2.45, 2.75) is 0 Å². The minimum absolute atomic E-state index is 0. The Morgan fingerprint density at radius 3 is 1.00 bits per heavy atom. The van der Waals surface area contributed by atoms with Gasteiger partial charge in [-0.2, -0.15) is 0 Å². The smallest absolute Gasteiger partial charge is 0 e. The van der Waals surface area contributed by atoms with Gasteiger partial charge in [-0.1, -0.05) is 0 Å². The summed E-state index contributed by atoms with van der Waals surface area (Å²) in [5, 5.41) is 0. The summed E-state index contributed by atoms with van der Waals surface area (Å²) in [6, 6.07) is 0. The van der Waals surface area contributed by atoms with E-state index in [0.29, 0.717) is 0 Å². The molecule has 0 spiro atoms. The minimum atomic E-state index is 0. The second-order valence-corrected chi connectivity index (χ2v) is 0. The Hall–Kier alpha value is 2.26. The fourth-order valence-electron chi connectivity index (χ4n) is 0. The summed E-state index contributed by atoms with van der Waals surface area (Å²) in [5.41, 5.74) is 0. The van der Waals surface area contributed by atoms with Gasteiger partial charge in [0.15, 0.2) is 0 Å². The van der Waals surface area contributed by atoms with Crippen molar-refractivity contribution in [2.75, 3.05) is 0 Å². The van der Waals surface area contributed by atoms with Gasteiger partial charge >= 0.3 is 0 Å². The molecule has 0 rings (SSSR count). The molecule has 0 fully saturated rings. The molecule has 0 aromatic heterocycles. The first-order valence-corrected chi connectivity index (χ1v) is 0. The molecule has 0 heterocycles. The Morgan fingerprint density at radius 2 is 1.00 bits per heavy atom. The summed E-state index contributed by atoms with van der Waals surface area (Å²) >= 11 is 0. The van der Waals surface area contributed by atoms with Gasteiger partial charge in [0.1, 0.15) is 0 Å². The van der Waals surface area contributed by atoms with Gasteiger partial charge in [-0.3, -0.25) is 0 Å². The fourth-order valence-corrected chi connectivity index (χ4v) is 0. The van der Waals surface area contributed by atoms with Crippen LogP contribution in [0.25, 0.3) is 0 Å². The van der Waals surface area contributed by atoms with E-state index in [2.05, 4.69) is 0 Å². The predicted molar refractivity (Wildman–Crippen MR) is 5.75 cm³/mol. The van der Waals surface area contributed by atoms with E-state index in [9.17, 15) is 0 Å². The Kier molecular flexibility index (Phi) is 158. The largest absolute Gasteiger partial charge is 0 e. The summed E-state index contributed by atoms with van der Waals surface area (Å²) in [7, 11) is 0. The average molecular weight is 183 g/mol. The summed E-state index contributed by atoms with van der Waals surface area (Å²) in [6.07, 6.45) is 0. The zero-order chi connectivity index (χ0) is 0. The molecule has 0 saturated carbocycles. The van der Waals surface area contributed by atoms with Crippen LogP contribution in [-0.2, 0) is 53.6 Å². The van der Waals surface area contributed by atoms with E-state index in [1.807, 2.05) is 0 Å². The van der Waals surface area contributed by atoms with Crippen LogP contribution >= 0.6 is 0 Å². The van der Waals surface area contributed by atoms with Crippen LogP contribution in [-0.4, -0.2) is 18.9 Å². The topological polar surface area (TPSA) is 0 Å². The van der Waals surface area contributed by atoms with Crippen molar-refractivity contribution in [3.05, 3.63) is 0 Å². The van der Waals surface area contributed by atoms with E-state index < -0.39 is 0 Å². The molecule has 0 bridgehead atoms. The summed E-state index contributed by atoms with van der Waals surface area (Å²) < 4.78 is 0. The Balaban J connectivity index is 0. The molecule has 0 nitrogen and oxygen atoms in total. The molecule has 0 N–H and O–H groups in total. The summed E-state index contributed by atoms with van der Waals surface area (Å²) in [4.78, 5) is 0. The molecule has 2 radical (unpaired) electrons. The molecular formula is FeLiMnZn. The van der Waals surface area contributed by atoms with Gasteiger partial charge in [0.25, 0.3) is 0 Å². The van der Waals surface area contributed by atoms with Crippen molar-refractivity contribution < 1.29 is 53.6 Å². The van der Waals surface area contributed by atoms with E-state index in [1.165, 1.54) is 0 Å². The fraction of sp³-hybridized carbons (Fsp3) is 0. The quantitative estimate of drug-likeness (QED) is 0.449. The van der Waals surface area contributed by atoms with Gasteiger partial charge in [0, 0.05) is 72.5 Å². The maximum Gasteiger partial charge on any atom is 0 e. The second kappa shape index (κ2) is 18.7. The molecule has 0 aromatic rings. The van der Waals surface area contributed by atoms with E-state index >= 15 is 0 Å². The van der Waals surface area contributed by atoms with Crippen LogP contribution in [0.3, 0.4) is 0 Å². The minimum Gasteiger partial charge on any atom is 0 e. The average Bonchev–Trinajstić information content (AvgIpc) is 0. The standard InChI is InChI=1S/Fe.Li.Mn.Zn. The molecule has 4 heavy (non-hydrogen) atoms. The van der Waals surface area contributed by atoms with Crippen LogP contribution in [0, 0.1) is 0 Å². The van der Waals surface area contributed by atoms with E-state index in [0.717, 1.165) is 0 Å². The molecule has 0 aliphatic rings. The Labute approximate surface area is 71.7 Å². The molecule has 0 aliphatic carbocycles. The zero-order valence-electron chi connectivity index (χ0n) is 2.44. The van der Waals surface area contributed by atoms with Gasteiger partial charge in [-0.05, 0) is 0 Å². The third-order valence-corrected chi connectivity index (χ3v) is 0. The maximum atomic E-state index is 0. The van der Waals surface area contributed by atoms with Crippen molar-refractivity contribution in [1.29, 1.82) is 0 Å². The van der Waals surface area contributed by atoms with Crippen LogP contribution in [0.4, 0.5) is 0 Å². The van der Waals surface area contributed by atoms with Crippen molar-refractivity contribution in [1.82, 2.24) is 0 Å². The summed E-state index contributed by atoms with van der Waals surface area (Å²) in [6.45, 7) is 0. The molecule has 4 heteroatoms. The van der Waals surface area contributed by atoms with Crippen molar-refractivity contribution >= 4 is 18.9 Å². The van der Waals surface area contributed by atoms with E-state index in [4.69, 9.17) is 0 Å². The monoisotopic (exact) mass is 182 g/mol. The number of hydrogen-bond acceptors (Lipinski definition) is 0. The first-order valence-electron chi connectivity index (χ1n) is 0. The Morgan fingerprint density at radius 1 is 1.00 bits per heavy atom. The van der Waals surface area contributed by atoms with Crippen LogP contribution in [0.1, 0.15) is 0 Å². The van der Waals surface area contributed by atoms with Crippen LogP contribution in [0.5, 0.6) is 0 Å². The molecule has 0 unspecified atom stereocenters. The summed E-state index contributed by atoms with van der Waals surface area (Å²) in [5.74, 6) is 0. The van der Waals surface area contributed by atoms with Crippen molar-refractivity contribution in [2.24, 2.45) is 0 Å². The van der Waals surface area contributed by atoms with Gasteiger partial charge in [-0.15, -0.1) is 0 Å². The third-order valence-electron chi connectivity index (χ3n) is 0. The van der Waals surface area contributed by atoms with Gasteiger partial charge < -0.3 is 0 Å². The molecule has 0 saturated heterocycles. The number of rotatable bonds is 0. The molecule has 0 aromatic carbocycles.